The summed E-state index contributed by atoms with van der Waals surface area (Å²) >= 11 is 0. The smallest absolute Gasteiger partial charge is 0.101 e. The zero-order chi connectivity index (χ0) is 19.1. The predicted molar refractivity (Wildman–Crippen MR) is 102 cm³/mol. The Bertz CT molecular complexity index is 716. The van der Waals surface area contributed by atoms with E-state index in [4.69, 9.17) is 4.42 Å². The highest BCUT2D eigenvalue weighted by atomic mass is 16.3. The van der Waals surface area contributed by atoms with Crippen LogP contribution in [0.25, 0.3) is 0 Å². The van der Waals surface area contributed by atoms with Crippen molar-refractivity contribution in [3.05, 3.63) is 24.2 Å². The maximum atomic E-state index is 12.1. The molecule has 4 heteroatoms. The Labute approximate surface area is 162 Å². The molecular weight excluding hydrogens is 340 g/mol. The largest absolute Gasteiger partial charge is 0.472 e. The van der Waals surface area contributed by atoms with Gasteiger partial charge >= 0.3 is 0 Å². The van der Waals surface area contributed by atoms with Crippen molar-refractivity contribution in [2.75, 3.05) is 0 Å². The van der Waals surface area contributed by atoms with E-state index in [1.165, 1.54) is 0 Å². The summed E-state index contributed by atoms with van der Waals surface area (Å²) < 4.78 is 5.29. The van der Waals surface area contributed by atoms with Gasteiger partial charge in [-0.05, 0) is 87.0 Å². The van der Waals surface area contributed by atoms with Gasteiger partial charge in [-0.15, -0.1) is 0 Å². The molecule has 4 saturated carbocycles. The predicted octanol–water partition coefficient (Wildman–Crippen LogP) is 3.99. The molecule has 1 aromatic rings. The summed E-state index contributed by atoms with van der Waals surface area (Å²) in [6, 6.07) is 1.86. The van der Waals surface area contributed by atoms with Gasteiger partial charge in [0.1, 0.15) is 5.60 Å². The van der Waals surface area contributed by atoms with Crippen molar-refractivity contribution in [2.45, 2.75) is 88.9 Å². The van der Waals surface area contributed by atoms with Gasteiger partial charge in [0.25, 0.3) is 0 Å². The standard InChI is InChI=1S/C23H34O4/c1-20-8-5-17(24)13-15(20)3-4-19-18(20)6-9-21(2)22(25,10-11-23(19,21)26)16-7-12-27-14-16/h7,12,14-15,17-19,24-26H,3-6,8-11,13H2,1-2H3/t15-,17+,18+,19-,20+,21-,22-,23-/m1/s1. The van der Waals surface area contributed by atoms with Gasteiger partial charge in [-0.3, -0.25) is 0 Å². The van der Waals surface area contributed by atoms with Crippen molar-refractivity contribution in [3.63, 3.8) is 0 Å². The number of fused-ring (bicyclic) bond motifs is 5. The van der Waals surface area contributed by atoms with Crippen LogP contribution in [-0.4, -0.2) is 27.0 Å². The summed E-state index contributed by atoms with van der Waals surface area (Å²) in [5.41, 5.74) is -1.34. The van der Waals surface area contributed by atoms with Crippen LogP contribution in [0, 0.1) is 28.6 Å². The third-order valence-corrected chi connectivity index (χ3v) is 9.97. The molecule has 1 aromatic heterocycles. The van der Waals surface area contributed by atoms with Crippen molar-refractivity contribution in [3.8, 4) is 0 Å². The van der Waals surface area contributed by atoms with E-state index < -0.39 is 16.6 Å². The minimum absolute atomic E-state index is 0.144. The van der Waals surface area contributed by atoms with Crippen LogP contribution in [0.15, 0.2) is 23.0 Å². The Morgan fingerprint density at radius 3 is 2.52 bits per heavy atom. The second-order valence-electron chi connectivity index (χ2n) is 10.6. The highest BCUT2D eigenvalue weighted by Gasteiger charge is 2.72. The molecule has 0 aromatic carbocycles. The average molecular weight is 375 g/mol. The van der Waals surface area contributed by atoms with E-state index in [9.17, 15) is 15.3 Å². The zero-order valence-corrected chi connectivity index (χ0v) is 16.7. The maximum Gasteiger partial charge on any atom is 0.101 e. The first-order valence-electron chi connectivity index (χ1n) is 10.9. The number of aliphatic hydroxyl groups is 3. The first kappa shape index (κ1) is 18.2. The molecule has 27 heavy (non-hydrogen) atoms. The van der Waals surface area contributed by atoms with E-state index in [2.05, 4.69) is 13.8 Å². The lowest BCUT2D eigenvalue weighted by atomic mass is 9.43. The molecule has 0 amide bonds. The highest BCUT2D eigenvalue weighted by Crippen LogP contribution is 2.71. The molecule has 150 valence electrons. The number of hydrogen-bond acceptors (Lipinski definition) is 4. The van der Waals surface area contributed by atoms with E-state index in [1.807, 2.05) is 6.07 Å². The molecule has 3 N–H and O–H groups in total. The number of furan rings is 1. The molecule has 0 aliphatic heterocycles. The Balaban J connectivity index is 1.52. The molecule has 4 nitrogen and oxygen atoms in total. The average Bonchev–Trinajstić information content (AvgIpc) is 3.24. The lowest BCUT2D eigenvalue weighted by molar-refractivity contribution is -0.238. The van der Waals surface area contributed by atoms with Gasteiger partial charge in [0.2, 0.25) is 0 Å². The molecule has 1 heterocycles. The van der Waals surface area contributed by atoms with Crippen LogP contribution in [0.2, 0.25) is 0 Å². The Hall–Kier alpha value is -0.840. The second kappa shape index (κ2) is 5.61. The fraction of sp³-hybridized carbons (Fsp3) is 0.826. The van der Waals surface area contributed by atoms with Crippen molar-refractivity contribution >= 4 is 0 Å². The van der Waals surface area contributed by atoms with Crippen LogP contribution in [0.1, 0.15) is 77.2 Å². The van der Waals surface area contributed by atoms with Crippen LogP contribution in [0.5, 0.6) is 0 Å². The van der Waals surface area contributed by atoms with E-state index in [0.29, 0.717) is 24.7 Å². The summed E-state index contributed by atoms with van der Waals surface area (Å²) in [4.78, 5) is 0. The van der Waals surface area contributed by atoms with E-state index >= 15 is 0 Å². The molecule has 4 aliphatic carbocycles. The van der Waals surface area contributed by atoms with Gasteiger partial charge in [0.05, 0.1) is 24.2 Å². The fourth-order valence-electron chi connectivity index (χ4n) is 8.18. The van der Waals surface area contributed by atoms with Crippen LogP contribution in [0.4, 0.5) is 0 Å². The van der Waals surface area contributed by atoms with Crippen LogP contribution < -0.4 is 0 Å². The summed E-state index contributed by atoms with van der Waals surface area (Å²) in [6.07, 6.45) is 11.3. The van der Waals surface area contributed by atoms with Gasteiger partial charge in [0.15, 0.2) is 0 Å². The normalized spacial score (nSPS) is 54.9. The van der Waals surface area contributed by atoms with Crippen LogP contribution in [0.3, 0.4) is 0 Å². The molecule has 0 saturated heterocycles. The molecule has 4 fully saturated rings. The van der Waals surface area contributed by atoms with Crippen molar-refractivity contribution in [1.82, 2.24) is 0 Å². The Morgan fingerprint density at radius 1 is 0.963 bits per heavy atom. The Kier molecular flexibility index (Phi) is 3.78. The van der Waals surface area contributed by atoms with Gasteiger partial charge in [-0.1, -0.05) is 13.8 Å². The van der Waals surface area contributed by atoms with Crippen LogP contribution >= 0.6 is 0 Å². The monoisotopic (exact) mass is 374 g/mol. The molecule has 4 aliphatic rings. The molecule has 5 rings (SSSR count). The zero-order valence-electron chi connectivity index (χ0n) is 16.7. The van der Waals surface area contributed by atoms with Crippen molar-refractivity contribution in [1.29, 1.82) is 0 Å². The van der Waals surface area contributed by atoms with Gasteiger partial charge in [0, 0.05) is 11.0 Å². The van der Waals surface area contributed by atoms with E-state index in [-0.39, 0.29) is 17.4 Å². The van der Waals surface area contributed by atoms with E-state index in [1.54, 1.807) is 12.5 Å². The third kappa shape index (κ3) is 2.10. The van der Waals surface area contributed by atoms with Gasteiger partial charge in [-0.2, -0.15) is 0 Å². The SMILES string of the molecule is C[C@]12CC[C@H](O)C[C@H]1CC[C@@H]1[C@@H]2CC[C@]2(C)[C@](O)(c3ccoc3)CC[C@@]12O. The Morgan fingerprint density at radius 2 is 1.78 bits per heavy atom. The second-order valence-corrected chi connectivity index (χ2v) is 10.6. The first-order chi connectivity index (χ1) is 12.7. The van der Waals surface area contributed by atoms with Crippen molar-refractivity contribution < 1.29 is 19.7 Å². The molecule has 0 unspecified atom stereocenters. The third-order valence-electron chi connectivity index (χ3n) is 9.97. The summed E-state index contributed by atoms with van der Waals surface area (Å²) in [5.74, 6) is 1.31. The maximum absolute atomic E-state index is 12.1. The molecule has 8 atom stereocenters. The van der Waals surface area contributed by atoms with Crippen LogP contribution in [-0.2, 0) is 5.60 Å². The number of aliphatic hydroxyl groups excluding tert-OH is 1. The molecule has 0 radical (unpaired) electrons. The number of hydrogen-bond donors (Lipinski definition) is 3. The minimum Gasteiger partial charge on any atom is -0.472 e. The fourth-order valence-corrected chi connectivity index (χ4v) is 8.18. The minimum atomic E-state index is -1.01. The lowest BCUT2D eigenvalue weighted by Crippen LogP contribution is -2.64. The van der Waals surface area contributed by atoms with E-state index in [0.717, 1.165) is 50.5 Å². The summed E-state index contributed by atoms with van der Waals surface area (Å²) in [5, 5.41) is 34.0. The van der Waals surface area contributed by atoms with Crippen molar-refractivity contribution in [2.24, 2.45) is 28.6 Å². The highest BCUT2D eigenvalue weighted by molar-refractivity contribution is 5.30. The molecule has 0 spiro atoms. The number of rotatable bonds is 1. The first-order valence-corrected chi connectivity index (χ1v) is 10.9. The summed E-state index contributed by atoms with van der Waals surface area (Å²) in [7, 11) is 0. The van der Waals surface area contributed by atoms with Gasteiger partial charge < -0.3 is 19.7 Å². The van der Waals surface area contributed by atoms with Gasteiger partial charge in [-0.25, -0.2) is 0 Å². The topological polar surface area (TPSA) is 73.8 Å². The quantitative estimate of drug-likeness (QED) is 0.695. The lowest BCUT2D eigenvalue weighted by Gasteiger charge is -2.64. The molecule has 0 bridgehead atoms. The summed E-state index contributed by atoms with van der Waals surface area (Å²) in [6.45, 7) is 4.53. The molecular formula is C23H34O4.